The fourth-order valence-corrected chi connectivity index (χ4v) is 5.15. The van der Waals surface area contributed by atoms with Gasteiger partial charge in [-0.05, 0) is 31.5 Å². The molecule has 1 unspecified atom stereocenters. The number of nitrogens with two attached hydrogens (primary N) is 1. The summed E-state index contributed by atoms with van der Waals surface area (Å²) in [4.78, 5) is 24.6. The third-order valence-corrected chi connectivity index (χ3v) is 6.49. The highest BCUT2D eigenvalue weighted by Gasteiger charge is 2.42. The van der Waals surface area contributed by atoms with Gasteiger partial charge in [0.05, 0.1) is 23.3 Å². The van der Waals surface area contributed by atoms with Crippen molar-refractivity contribution < 1.29 is 9.53 Å². The number of hydrogen-bond donors (Lipinski definition) is 3. The number of aromatic nitrogens is 3. The van der Waals surface area contributed by atoms with Crippen LogP contribution in [0.15, 0.2) is 53.8 Å². The molecule has 0 spiro atoms. The van der Waals surface area contributed by atoms with E-state index < -0.39 is 10.9 Å². The zero-order valence-corrected chi connectivity index (χ0v) is 19.2. The first-order valence-electron chi connectivity index (χ1n) is 9.67. The lowest BCUT2D eigenvalue weighted by molar-refractivity contribution is -0.113. The maximum atomic E-state index is 11.9. The van der Waals surface area contributed by atoms with Crippen molar-refractivity contribution in [3.05, 3.63) is 75.8 Å². The number of halogens is 1. The van der Waals surface area contributed by atoms with Crippen LogP contribution in [-0.4, -0.2) is 28.0 Å². The van der Waals surface area contributed by atoms with Gasteiger partial charge in [0.1, 0.15) is 17.4 Å². The van der Waals surface area contributed by atoms with Crippen LogP contribution in [0, 0.1) is 13.8 Å². The predicted octanol–water partition coefficient (Wildman–Crippen LogP) is 3.70. The van der Waals surface area contributed by atoms with Crippen molar-refractivity contribution in [2.24, 2.45) is 5.73 Å². The fraction of sp³-hybridized carbons (Fsp3) is 0.182. The van der Waals surface area contributed by atoms with Crippen LogP contribution in [0.1, 0.15) is 17.0 Å². The van der Waals surface area contributed by atoms with E-state index in [1.54, 1.807) is 50.8 Å². The van der Waals surface area contributed by atoms with Gasteiger partial charge < -0.3 is 21.1 Å². The van der Waals surface area contributed by atoms with Crippen LogP contribution >= 0.6 is 23.4 Å². The predicted molar refractivity (Wildman–Crippen MR) is 126 cm³/mol. The molecular weight excluding hydrogens is 448 g/mol. The third-order valence-electron chi connectivity index (χ3n) is 4.91. The van der Waals surface area contributed by atoms with Gasteiger partial charge in [0, 0.05) is 35.2 Å². The summed E-state index contributed by atoms with van der Waals surface area (Å²) in [6.07, 6.45) is 4.93. The molecule has 4 rings (SSSR count). The molecule has 2 aromatic heterocycles. The zero-order chi connectivity index (χ0) is 22.9. The van der Waals surface area contributed by atoms with Gasteiger partial charge in [-0.2, -0.15) is 0 Å². The quantitative estimate of drug-likeness (QED) is 0.501. The van der Waals surface area contributed by atoms with Crippen molar-refractivity contribution in [3.8, 4) is 17.0 Å². The average Bonchev–Trinajstić information content (AvgIpc) is 3.18. The molecule has 0 fully saturated rings. The van der Waals surface area contributed by atoms with Crippen LogP contribution in [0.2, 0.25) is 5.02 Å². The Hall–Kier alpha value is -3.30. The molecule has 0 bridgehead atoms. The summed E-state index contributed by atoms with van der Waals surface area (Å²) in [5, 5.41) is 7.22. The number of amides is 1. The minimum Gasteiger partial charge on any atom is -0.496 e. The normalized spacial score (nSPS) is 17.4. The number of anilines is 1. The fourth-order valence-electron chi connectivity index (χ4n) is 3.54. The molecule has 0 radical (unpaired) electrons. The summed E-state index contributed by atoms with van der Waals surface area (Å²) in [6.45, 7) is 3.75. The number of thioether (sulfide) groups is 1. The molecule has 0 saturated carbocycles. The molecule has 164 valence electrons. The van der Waals surface area contributed by atoms with Gasteiger partial charge in [-0.1, -0.05) is 35.5 Å². The van der Waals surface area contributed by atoms with E-state index in [-0.39, 0.29) is 0 Å². The second kappa shape index (κ2) is 8.68. The van der Waals surface area contributed by atoms with Gasteiger partial charge in [-0.3, -0.25) is 9.78 Å². The first kappa shape index (κ1) is 21.9. The van der Waals surface area contributed by atoms with Crippen LogP contribution in [0.4, 0.5) is 5.82 Å². The lowest BCUT2D eigenvalue weighted by atomic mass is 10.1. The number of nitrogens with zero attached hydrogens (tertiary/aromatic N) is 3. The van der Waals surface area contributed by atoms with Crippen LogP contribution in [0.5, 0.6) is 5.75 Å². The summed E-state index contributed by atoms with van der Waals surface area (Å²) in [5.41, 5.74) is 8.63. The highest BCUT2D eigenvalue weighted by molar-refractivity contribution is 8.05. The van der Waals surface area contributed by atoms with Crippen LogP contribution in [0.25, 0.3) is 11.3 Å². The molecule has 10 heteroatoms. The summed E-state index contributed by atoms with van der Waals surface area (Å²) in [5.74, 6) is 1.19. The minimum absolute atomic E-state index is 0.372. The largest absolute Gasteiger partial charge is 0.496 e. The molecule has 1 aromatic carbocycles. The number of aryl methyl sites for hydroxylation is 2. The number of hydrogen-bond acceptors (Lipinski definition) is 8. The Bertz CT molecular complexity index is 1210. The van der Waals surface area contributed by atoms with E-state index in [9.17, 15) is 4.79 Å². The molecule has 3 heterocycles. The van der Waals surface area contributed by atoms with Gasteiger partial charge >= 0.3 is 0 Å². The van der Waals surface area contributed by atoms with Crippen LogP contribution < -0.4 is 21.1 Å². The number of carbonyl (C=O) groups excluding carboxylic acids is 1. The molecule has 8 nitrogen and oxygen atoms in total. The Labute approximate surface area is 194 Å². The van der Waals surface area contributed by atoms with E-state index >= 15 is 0 Å². The Balaban J connectivity index is 1.81. The Morgan fingerprint density at radius 3 is 2.78 bits per heavy atom. The first-order chi connectivity index (χ1) is 15.3. The molecule has 1 atom stereocenters. The number of carbonyl (C=O) groups is 1. The molecule has 1 aliphatic heterocycles. The highest BCUT2D eigenvalue weighted by atomic mass is 35.5. The molecule has 0 aliphatic carbocycles. The lowest BCUT2D eigenvalue weighted by Gasteiger charge is -2.33. The number of rotatable bonds is 6. The number of nitrogens with one attached hydrogen (secondary N) is 2. The SMILES string of the molecule is COc1ccncc1-c1cc(NC2(c3c(C)cccc3Cl)NC=C(C(N)=O)S2)nc(C)n1. The molecule has 3 aromatic rings. The molecule has 1 aliphatic rings. The Morgan fingerprint density at radius 1 is 1.28 bits per heavy atom. The van der Waals surface area contributed by atoms with Gasteiger partial charge in [0.25, 0.3) is 5.91 Å². The smallest absolute Gasteiger partial charge is 0.256 e. The van der Waals surface area contributed by atoms with E-state index in [4.69, 9.17) is 22.1 Å². The number of methoxy groups -OCH3 is 1. The zero-order valence-electron chi connectivity index (χ0n) is 17.6. The number of primary amides is 1. The van der Waals surface area contributed by atoms with E-state index in [1.165, 1.54) is 11.8 Å². The second-order valence-electron chi connectivity index (χ2n) is 7.12. The Kier molecular flexibility index (Phi) is 5.94. The molecule has 32 heavy (non-hydrogen) atoms. The topological polar surface area (TPSA) is 115 Å². The van der Waals surface area contributed by atoms with E-state index in [2.05, 4.69) is 25.6 Å². The maximum absolute atomic E-state index is 11.9. The van der Waals surface area contributed by atoms with E-state index in [0.29, 0.717) is 33.0 Å². The van der Waals surface area contributed by atoms with Crippen molar-refractivity contribution in [1.29, 1.82) is 0 Å². The summed E-state index contributed by atoms with van der Waals surface area (Å²) in [7, 11) is 1.59. The standard InChI is InChI=1S/C22H21ClN6O2S/c1-12-5-4-6-15(23)20(12)22(26-11-18(32-22)21(24)30)29-19-9-16(27-13(2)28-19)14-10-25-8-7-17(14)31-3/h4-11,26H,1-3H3,(H2,24,30)(H,27,28,29). The van der Waals surface area contributed by atoms with Gasteiger partial charge in [0.2, 0.25) is 0 Å². The summed E-state index contributed by atoms with van der Waals surface area (Å²) < 4.78 is 5.46. The van der Waals surface area contributed by atoms with E-state index in [1.807, 2.05) is 19.1 Å². The van der Waals surface area contributed by atoms with E-state index in [0.717, 1.165) is 16.7 Å². The maximum Gasteiger partial charge on any atom is 0.256 e. The number of pyridine rings is 1. The first-order valence-corrected chi connectivity index (χ1v) is 10.9. The Morgan fingerprint density at radius 2 is 2.09 bits per heavy atom. The highest BCUT2D eigenvalue weighted by Crippen LogP contribution is 2.47. The van der Waals surface area contributed by atoms with Crippen molar-refractivity contribution in [2.45, 2.75) is 18.8 Å². The summed E-state index contributed by atoms with van der Waals surface area (Å²) in [6, 6.07) is 9.19. The molecule has 0 saturated heterocycles. The van der Waals surface area contributed by atoms with Crippen LogP contribution in [0.3, 0.4) is 0 Å². The third kappa shape index (κ3) is 4.09. The van der Waals surface area contributed by atoms with Crippen molar-refractivity contribution in [3.63, 3.8) is 0 Å². The molecule has 1 amide bonds. The van der Waals surface area contributed by atoms with Gasteiger partial charge in [-0.25, -0.2) is 9.97 Å². The molecule has 4 N–H and O–H groups in total. The number of benzene rings is 1. The van der Waals surface area contributed by atoms with Crippen LogP contribution in [-0.2, 0) is 9.79 Å². The average molecular weight is 469 g/mol. The monoisotopic (exact) mass is 468 g/mol. The molecular formula is C22H21ClN6O2S. The minimum atomic E-state index is -0.996. The number of ether oxygens (including phenoxy) is 1. The van der Waals surface area contributed by atoms with Crippen molar-refractivity contribution in [2.75, 3.05) is 12.4 Å². The summed E-state index contributed by atoms with van der Waals surface area (Å²) >= 11 is 7.84. The lowest BCUT2D eigenvalue weighted by Crippen LogP contribution is -2.42. The van der Waals surface area contributed by atoms with Crippen molar-refractivity contribution >= 4 is 35.1 Å². The second-order valence-corrected chi connectivity index (χ2v) is 8.78. The van der Waals surface area contributed by atoms with Gasteiger partial charge in [0.15, 0.2) is 4.99 Å². The van der Waals surface area contributed by atoms with Gasteiger partial charge in [-0.15, -0.1) is 0 Å². The van der Waals surface area contributed by atoms with Crippen molar-refractivity contribution in [1.82, 2.24) is 20.3 Å².